The second kappa shape index (κ2) is 8.78. The van der Waals surface area contributed by atoms with Crippen LogP contribution in [0, 0.1) is 5.41 Å². The van der Waals surface area contributed by atoms with E-state index in [2.05, 4.69) is 5.32 Å². The fourth-order valence-corrected chi connectivity index (χ4v) is 3.47. The van der Waals surface area contributed by atoms with Crippen molar-refractivity contribution in [3.8, 4) is 11.5 Å². The molecule has 6 nitrogen and oxygen atoms in total. The summed E-state index contributed by atoms with van der Waals surface area (Å²) < 4.78 is 11.2. The van der Waals surface area contributed by atoms with E-state index in [1.54, 1.807) is 18.2 Å². The third kappa shape index (κ3) is 4.58. The van der Waals surface area contributed by atoms with E-state index in [1.165, 1.54) is 0 Å². The van der Waals surface area contributed by atoms with E-state index in [4.69, 9.17) is 9.47 Å². The SMILES string of the molecule is CCOc1ccc(C(=O)Nc2ccc3c(c2)N(C(=O)C(C)(C)C)CC3)cc1OCC. The van der Waals surface area contributed by atoms with Gasteiger partial charge in [0.2, 0.25) is 5.91 Å². The van der Waals surface area contributed by atoms with Crippen molar-refractivity contribution in [2.45, 2.75) is 41.0 Å². The van der Waals surface area contributed by atoms with E-state index in [0.29, 0.717) is 42.5 Å². The maximum atomic E-state index is 12.8. The van der Waals surface area contributed by atoms with Crippen LogP contribution in [0.1, 0.15) is 50.5 Å². The summed E-state index contributed by atoms with van der Waals surface area (Å²) in [4.78, 5) is 27.4. The Morgan fingerprint density at radius 1 is 1.00 bits per heavy atom. The maximum Gasteiger partial charge on any atom is 0.255 e. The molecule has 0 spiro atoms. The standard InChI is InChI=1S/C24H30N2O4/c1-6-29-20-11-9-17(14-21(20)30-7-2)22(27)25-18-10-8-16-12-13-26(19(16)15-18)23(28)24(3,4)5/h8-11,14-15H,6-7,12-13H2,1-5H3,(H,25,27). The van der Waals surface area contributed by atoms with Crippen LogP contribution in [0.4, 0.5) is 11.4 Å². The molecule has 0 saturated carbocycles. The van der Waals surface area contributed by atoms with Gasteiger partial charge in [0.15, 0.2) is 11.5 Å². The largest absolute Gasteiger partial charge is 0.490 e. The van der Waals surface area contributed by atoms with Crippen LogP contribution in [0.5, 0.6) is 11.5 Å². The maximum absolute atomic E-state index is 12.8. The molecule has 2 aromatic rings. The van der Waals surface area contributed by atoms with Gasteiger partial charge in [-0.2, -0.15) is 0 Å². The highest BCUT2D eigenvalue weighted by Crippen LogP contribution is 2.34. The van der Waals surface area contributed by atoms with Crippen LogP contribution in [-0.2, 0) is 11.2 Å². The van der Waals surface area contributed by atoms with Gasteiger partial charge in [-0.1, -0.05) is 26.8 Å². The van der Waals surface area contributed by atoms with Crippen molar-refractivity contribution in [1.29, 1.82) is 0 Å². The molecular formula is C24H30N2O4. The van der Waals surface area contributed by atoms with Crippen LogP contribution in [-0.4, -0.2) is 31.6 Å². The Bertz CT molecular complexity index is 947. The molecule has 0 radical (unpaired) electrons. The molecule has 0 aliphatic carbocycles. The average Bonchev–Trinajstić information content (AvgIpc) is 3.11. The Morgan fingerprint density at radius 2 is 1.70 bits per heavy atom. The van der Waals surface area contributed by atoms with Gasteiger partial charge >= 0.3 is 0 Å². The summed E-state index contributed by atoms with van der Waals surface area (Å²) in [5.74, 6) is 0.996. The number of carbonyl (C=O) groups excluding carboxylic acids is 2. The first-order valence-electron chi connectivity index (χ1n) is 10.4. The first-order chi connectivity index (χ1) is 14.2. The summed E-state index contributed by atoms with van der Waals surface area (Å²) >= 11 is 0. The van der Waals surface area contributed by atoms with Crippen molar-refractivity contribution >= 4 is 23.2 Å². The van der Waals surface area contributed by atoms with E-state index in [-0.39, 0.29) is 11.8 Å². The molecule has 0 bridgehead atoms. The Kier molecular flexibility index (Phi) is 6.34. The highest BCUT2D eigenvalue weighted by atomic mass is 16.5. The van der Waals surface area contributed by atoms with Crippen molar-refractivity contribution < 1.29 is 19.1 Å². The quantitative estimate of drug-likeness (QED) is 0.751. The number of rotatable bonds is 6. The summed E-state index contributed by atoms with van der Waals surface area (Å²) in [7, 11) is 0. The normalized spacial score (nSPS) is 13.0. The predicted octanol–water partition coefficient (Wildman–Crippen LogP) is 4.67. The van der Waals surface area contributed by atoms with E-state index < -0.39 is 5.41 Å². The number of nitrogens with one attached hydrogen (secondary N) is 1. The molecule has 0 aromatic heterocycles. The molecule has 0 fully saturated rings. The number of amides is 2. The minimum atomic E-state index is -0.459. The third-order valence-corrected chi connectivity index (χ3v) is 4.93. The zero-order chi connectivity index (χ0) is 21.9. The molecular weight excluding hydrogens is 380 g/mol. The van der Waals surface area contributed by atoms with Crippen molar-refractivity contribution in [1.82, 2.24) is 0 Å². The Hall–Kier alpha value is -3.02. The van der Waals surface area contributed by atoms with E-state index >= 15 is 0 Å². The molecule has 3 rings (SSSR count). The van der Waals surface area contributed by atoms with Crippen LogP contribution < -0.4 is 19.7 Å². The molecule has 6 heteroatoms. The Morgan fingerprint density at radius 3 is 2.37 bits per heavy atom. The van der Waals surface area contributed by atoms with Crippen molar-refractivity contribution in [3.63, 3.8) is 0 Å². The fourth-order valence-electron chi connectivity index (χ4n) is 3.47. The molecule has 0 atom stereocenters. The van der Waals surface area contributed by atoms with Gasteiger partial charge in [0.1, 0.15) is 0 Å². The first-order valence-corrected chi connectivity index (χ1v) is 10.4. The second-order valence-corrected chi connectivity index (χ2v) is 8.28. The molecule has 1 N–H and O–H groups in total. The lowest BCUT2D eigenvalue weighted by Gasteiger charge is -2.26. The zero-order valence-corrected chi connectivity index (χ0v) is 18.4. The van der Waals surface area contributed by atoms with Crippen LogP contribution in [0.3, 0.4) is 0 Å². The van der Waals surface area contributed by atoms with Crippen molar-refractivity contribution in [2.24, 2.45) is 5.41 Å². The molecule has 1 aliphatic heterocycles. The lowest BCUT2D eigenvalue weighted by Crippen LogP contribution is -2.38. The number of nitrogens with zero attached hydrogens (tertiary/aromatic N) is 1. The highest BCUT2D eigenvalue weighted by molar-refractivity contribution is 6.05. The van der Waals surface area contributed by atoms with Gasteiger partial charge < -0.3 is 19.7 Å². The van der Waals surface area contributed by atoms with E-state index in [0.717, 1.165) is 17.7 Å². The molecule has 1 heterocycles. The smallest absolute Gasteiger partial charge is 0.255 e. The second-order valence-electron chi connectivity index (χ2n) is 8.28. The average molecular weight is 411 g/mol. The van der Waals surface area contributed by atoms with Crippen LogP contribution in [0.25, 0.3) is 0 Å². The Labute approximate surface area is 178 Å². The monoisotopic (exact) mass is 410 g/mol. The van der Waals surface area contributed by atoms with E-state index in [1.807, 2.05) is 57.7 Å². The first kappa shape index (κ1) is 21.7. The minimum absolute atomic E-state index is 0.0811. The molecule has 160 valence electrons. The van der Waals surface area contributed by atoms with E-state index in [9.17, 15) is 9.59 Å². The van der Waals surface area contributed by atoms with Crippen LogP contribution in [0.15, 0.2) is 36.4 Å². The number of anilines is 2. The molecule has 0 unspecified atom stereocenters. The predicted molar refractivity (Wildman–Crippen MR) is 119 cm³/mol. The fraction of sp³-hybridized carbons (Fsp3) is 0.417. The highest BCUT2D eigenvalue weighted by Gasteiger charge is 2.32. The van der Waals surface area contributed by atoms with Crippen molar-refractivity contribution in [2.75, 3.05) is 30.0 Å². The van der Waals surface area contributed by atoms with Gasteiger partial charge in [-0.05, 0) is 56.2 Å². The number of fused-ring (bicyclic) bond motifs is 1. The number of benzene rings is 2. The van der Waals surface area contributed by atoms with Gasteiger partial charge in [-0.25, -0.2) is 0 Å². The number of ether oxygens (including phenoxy) is 2. The summed E-state index contributed by atoms with van der Waals surface area (Å²) in [6, 6.07) is 10.9. The summed E-state index contributed by atoms with van der Waals surface area (Å²) in [6.45, 7) is 11.2. The lowest BCUT2D eigenvalue weighted by atomic mass is 9.94. The lowest BCUT2D eigenvalue weighted by molar-refractivity contribution is -0.125. The van der Waals surface area contributed by atoms with Crippen LogP contribution >= 0.6 is 0 Å². The van der Waals surface area contributed by atoms with Gasteiger partial charge in [0.05, 0.1) is 13.2 Å². The Balaban J connectivity index is 1.81. The summed E-state index contributed by atoms with van der Waals surface area (Å²) in [5.41, 5.74) is 2.66. The minimum Gasteiger partial charge on any atom is -0.490 e. The number of hydrogen-bond donors (Lipinski definition) is 1. The molecule has 30 heavy (non-hydrogen) atoms. The molecule has 2 aromatic carbocycles. The topological polar surface area (TPSA) is 67.9 Å². The number of carbonyl (C=O) groups is 2. The van der Waals surface area contributed by atoms with Gasteiger partial charge in [-0.15, -0.1) is 0 Å². The van der Waals surface area contributed by atoms with Crippen LogP contribution in [0.2, 0.25) is 0 Å². The van der Waals surface area contributed by atoms with Gasteiger partial charge in [0.25, 0.3) is 5.91 Å². The summed E-state index contributed by atoms with van der Waals surface area (Å²) in [6.07, 6.45) is 0.821. The molecule has 0 saturated heterocycles. The van der Waals surface area contributed by atoms with Crippen molar-refractivity contribution in [3.05, 3.63) is 47.5 Å². The molecule has 2 amide bonds. The third-order valence-electron chi connectivity index (χ3n) is 4.93. The zero-order valence-electron chi connectivity index (χ0n) is 18.4. The number of hydrogen-bond acceptors (Lipinski definition) is 4. The van der Waals surface area contributed by atoms with Gasteiger partial charge in [0, 0.05) is 28.9 Å². The van der Waals surface area contributed by atoms with Gasteiger partial charge in [-0.3, -0.25) is 9.59 Å². The molecule has 1 aliphatic rings. The summed E-state index contributed by atoms with van der Waals surface area (Å²) in [5, 5.41) is 2.93.